The molecule has 166 valence electrons. The zero-order valence-electron chi connectivity index (χ0n) is 18.0. The highest BCUT2D eigenvalue weighted by Crippen LogP contribution is 2.42. The molecule has 3 aromatic rings. The maximum atomic E-state index is 12.1. The van der Waals surface area contributed by atoms with Gasteiger partial charge in [-0.05, 0) is 43.0 Å². The van der Waals surface area contributed by atoms with Crippen LogP contribution in [-0.4, -0.2) is 37.2 Å². The van der Waals surface area contributed by atoms with Gasteiger partial charge in [-0.3, -0.25) is 14.6 Å². The molecule has 2 N–H and O–H groups in total. The van der Waals surface area contributed by atoms with Gasteiger partial charge in [-0.15, -0.1) is 15.3 Å². The Labute approximate surface area is 190 Å². The van der Waals surface area contributed by atoms with Crippen LogP contribution in [0.2, 0.25) is 0 Å². The number of aromatic nitrogens is 5. The van der Waals surface area contributed by atoms with E-state index in [2.05, 4.69) is 36.0 Å². The topological polar surface area (TPSA) is 123 Å². The summed E-state index contributed by atoms with van der Waals surface area (Å²) >= 11 is 1.41. The fourth-order valence-electron chi connectivity index (χ4n) is 3.51. The summed E-state index contributed by atoms with van der Waals surface area (Å²) in [5, 5.41) is 23.7. The molecule has 3 aromatic heterocycles. The summed E-state index contributed by atoms with van der Waals surface area (Å²) in [4.78, 5) is 28.0. The standard InChI is InChI=1S/C22H25N7O2S/c1-13(2)21(31)24-18-7-6-17(26-27-18)15-9-14(10-15)11-20-28-29-22(32-20)25-19(30)12-16-5-3-4-8-23-16/h3-8,13-15H,9-12H2,1-2H3,(H,24,27,31)(H,25,29,30). The fourth-order valence-corrected chi connectivity index (χ4v) is 4.38. The predicted octanol–water partition coefficient (Wildman–Crippen LogP) is 3.24. The SMILES string of the molecule is CC(C)C(=O)Nc1ccc(C2CC(Cc3nnc(NC(=O)Cc4ccccn4)s3)C2)nn1. The molecule has 0 radical (unpaired) electrons. The molecule has 0 saturated heterocycles. The Kier molecular flexibility index (Phi) is 6.79. The number of nitrogens with one attached hydrogen (secondary N) is 2. The summed E-state index contributed by atoms with van der Waals surface area (Å²) in [5.41, 5.74) is 1.66. The summed E-state index contributed by atoms with van der Waals surface area (Å²) in [6.45, 7) is 3.67. The van der Waals surface area contributed by atoms with E-state index in [-0.39, 0.29) is 24.2 Å². The van der Waals surface area contributed by atoms with Crippen LogP contribution in [-0.2, 0) is 22.4 Å². The van der Waals surface area contributed by atoms with E-state index in [1.54, 1.807) is 12.3 Å². The maximum absolute atomic E-state index is 12.1. The van der Waals surface area contributed by atoms with Gasteiger partial charge in [0.1, 0.15) is 5.01 Å². The van der Waals surface area contributed by atoms with Crippen molar-refractivity contribution in [3.63, 3.8) is 0 Å². The maximum Gasteiger partial charge on any atom is 0.232 e. The molecular weight excluding hydrogens is 426 g/mol. The quantitative estimate of drug-likeness (QED) is 0.539. The van der Waals surface area contributed by atoms with Crippen LogP contribution in [0, 0.1) is 11.8 Å². The Morgan fingerprint density at radius 2 is 1.91 bits per heavy atom. The molecule has 4 rings (SSSR count). The van der Waals surface area contributed by atoms with E-state index in [4.69, 9.17) is 0 Å². The van der Waals surface area contributed by atoms with Crippen LogP contribution in [0.5, 0.6) is 0 Å². The van der Waals surface area contributed by atoms with Crippen molar-refractivity contribution in [2.45, 2.75) is 45.4 Å². The van der Waals surface area contributed by atoms with E-state index >= 15 is 0 Å². The minimum atomic E-state index is -0.151. The van der Waals surface area contributed by atoms with Crippen LogP contribution < -0.4 is 10.6 Å². The molecule has 1 fully saturated rings. The van der Waals surface area contributed by atoms with Gasteiger partial charge in [0.25, 0.3) is 0 Å². The van der Waals surface area contributed by atoms with E-state index in [1.165, 1.54) is 11.3 Å². The van der Waals surface area contributed by atoms with Crippen molar-refractivity contribution in [2.24, 2.45) is 11.8 Å². The molecular formula is C22H25N7O2S. The lowest BCUT2D eigenvalue weighted by molar-refractivity contribution is -0.119. The molecule has 2 amide bonds. The van der Waals surface area contributed by atoms with Gasteiger partial charge in [0.05, 0.1) is 12.1 Å². The van der Waals surface area contributed by atoms with Crippen molar-refractivity contribution in [2.75, 3.05) is 10.6 Å². The third-order valence-corrected chi connectivity index (χ3v) is 6.22. The van der Waals surface area contributed by atoms with Crippen molar-refractivity contribution >= 4 is 34.1 Å². The molecule has 0 aromatic carbocycles. The minimum absolute atomic E-state index is 0.0693. The molecule has 10 heteroatoms. The van der Waals surface area contributed by atoms with Crippen molar-refractivity contribution < 1.29 is 9.59 Å². The number of pyridine rings is 1. The largest absolute Gasteiger partial charge is 0.309 e. The number of hydrogen-bond donors (Lipinski definition) is 2. The van der Waals surface area contributed by atoms with Gasteiger partial charge in [-0.2, -0.15) is 5.10 Å². The van der Waals surface area contributed by atoms with Crippen LogP contribution in [0.1, 0.15) is 49.0 Å². The lowest BCUT2D eigenvalue weighted by Gasteiger charge is -2.34. The second-order valence-electron chi connectivity index (χ2n) is 8.27. The van der Waals surface area contributed by atoms with Crippen molar-refractivity contribution in [3.8, 4) is 0 Å². The van der Waals surface area contributed by atoms with Gasteiger partial charge < -0.3 is 10.6 Å². The summed E-state index contributed by atoms with van der Waals surface area (Å²) < 4.78 is 0. The second-order valence-corrected chi connectivity index (χ2v) is 9.33. The zero-order chi connectivity index (χ0) is 22.5. The number of nitrogens with zero attached hydrogens (tertiary/aromatic N) is 5. The van der Waals surface area contributed by atoms with Crippen LogP contribution in [0.25, 0.3) is 0 Å². The van der Waals surface area contributed by atoms with E-state index in [1.807, 2.05) is 38.1 Å². The Morgan fingerprint density at radius 3 is 2.59 bits per heavy atom. The molecule has 0 spiro atoms. The van der Waals surface area contributed by atoms with Crippen LogP contribution in [0.15, 0.2) is 36.5 Å². The Hall–Kier alpha value is -3.27. The van der Waals surface area contributed by atoms with E-state index < -0.39 is 0 Å². The summed E-state index contributed by atoms with van der Waals surface area (Å²) in [7, 11) is 0. The number of anilines is 2. The number of hydrogen-bond acceptors (Lipinski definition) is 8. The first kappa shape index (κ1) is 21.9. The fraction of sp³-hybridized carbons (Fsp3) is 0.409. The van der Waals surface area contributed by atoms with Gasteiger partial charge in [0.15, 0.2) is 5.82 Å². The lowest BCUT2D eigenvalue weighted by atomic mass is 9.72. The van der Waals surface area contributed by atoms with Gasteiger partial charge in [-0.25, -0.2) is 0 Å². The van der Waals surface area contributed by atoms with Crippen molar-refractivity contribution in [1.29, 1.82) is 0 Å². The number of carbonyl (C=O) groups excluding carboxylic acids is 2. The highest BCUT2D eigenvalue weighted by atomic mass is 32.1. The molecule has 0 unspecified atom stereocenters. The first-order valence-electron chi connectivity index (χ1n) is 10.6. The average molecular weight is 452 g/mol. The minimum Gasteiger partial charge on any atom is -0.309 e. The molecule has 1 aliphatic carbocycles. The van der Waals surface area contributed by atoms with Gasteiger partial charge in [-0.1, -0.05) is 31.3 Å². The number of rotatable bonds is 8. The molecule has 1 saturated carbocycles. The van der Waals surface area contributed by atoms with E-state index in [0.717, 1.165) is 30.0 Å². The third kappa shape index (κ3) is 5.70. The van der Waals surface area contributed by atoms with Crippen LogP contribution in [0.4, 0.5) is 10.9 Å². The third-order valence-electron chi connectivity index (χ3n) is 5.36. The van der Waals surface area contributed by atoms with Gasteiger partial charge in [0, 0.05) is 30.1 Å². The molecule has 9 nitrogen and oxygen atoms in total. The Bertz CT molecular complexity index is 1060. The number of amides is 2. The Balaban J connectivity index is 1.22. The molecule has 0 atom stereocenters. The van der Waals surface area contributed by atoms with Crippen LogP contribution in [0.3, 0.4) is 0 Å². The molecule has 3 heterocycles. The zero-order valence-corrected chi connectivity index (χ0v) is 18.8. The van der Waals surface area contributed by atoms with Crippen LogP contribution >= 0.6 is 11.3 Å². The molecule has 32 heavy (non-hydrogen) atoms. The van der Waals surface area contributed by atoms with Crippen molar-refractivity contribution in [1.82, 2.24) is 25.4 Å². The first-order valence-corrected chi connectivity index (χ1v) is 11.4. The smallest absolute Gasteiger partial charge is 0.232 e. The molecule has 1 aliphatic rings. The average Bonchev–Trinajstić information content (AvgIpc) is 3.18. The van der Waals surface area contributed by atoms with E-state index in [9.17, 15) is 9.59 Å². The van der Waals surface area contributed by atoms with E-state index in [0.29, 0.717) is 28.5 Å². The Morgan fingerprint density at radius 1 is 1.06 bits per heavy atom. The lowest BCUT2D eigenvalue weighted by Crippen LogP contribution is -2.25. The summed E-state index contributed by atoms with van der Waals surface area (Å²) in [6.07, 6.45) is 4.73. The summed E-state index contributed by atoms with van der Waals surface area (Å²) in [6, 6.07) is 9.23. The van der Waals surface area contributed by atoms with Gasteiger partial charge in [0.2, 0.25) is 16.9 Å². The monoisotopic (exact) mass is 451 g/mol. The highest BCUT2D eigenvalue weighted by Gasteiger charge is 2.32. The predicted molar refractivity (Wildman–Crippen MR) is 121 cm³/mol. The van der Waals surface area contributed by atoms with Gasteiger partial charge >= 0.3 is 0 Å². The summed E-state index contributed by atoms with van der Waals surface area (Å²) in [5.74, 6) is 1.04. The molecule has 0 bridgehead atoms. The second kappa shape index (κ2) is 9.90. The molecule has 0 aliphatic heterocycles. The van der Waals surface area contributed by atoms with Crippen molar-refractivity contribution in [3.05, 3.63) is 52.9 Å². The number of carbonyl (C=O) groups is 2. The normalized spacial score (nSPS) is 17.6. The first-order chi connectivity index (χ1) is 15.5. The highest BCUT2D eigenvalue weighted by molar-refractivity contribution is 7.15.